The highest BCUT2D eigenvalue weighted by Crippen LogP contribution is 2.33. The van der Waals surface area contributed by atoms with Gasteiger partial charge in [-0.25, -0.2) is 0 Å². The standard InChI is InChI=1S/C18H19NO/c1-13-12-16(19-18(13)20)17(14-8-4-2-5-9-14)15-10-6-3-7-11-15/h2-11,13,16-17H,12H2,1H3,(H,19,20)/t13-,16+/m1/s1. The molecule has 1 amide bonds. The summed E-state index contributed by atoms with van der Waals surface area (Å²) in [7, 11) is 0. The molecule has 0 unspecified atom stereocenters. The van der Waals surface area contributed by atoms with Crippen LogP contribution < -0.4 is 5.32 Å². The number of hydrogen-bond acceptors (Lipinski definition) is 1. The smallest absolute Gasteiger partial charge is 0.223 e. The van der Waals surface area contributed by atoms with Gasteiger partial charge in [0.05, 0.1) is 0 Å². The van der Waals surface area contributed by atoms with Crippen LogP contribution in [0, 0.1) is 5.92 Å². The van der Waals surface area contributed by atoms with E-state index >= 15 is 0 Å². The number of carbonyl (C=O) groups excluding carboxylic acids is 1. The van der Waals surface area contributed by atoms with Crippen molar-refractivity contribution >= 4 is 5.91 Å². The van der Waals surface area contributed by atoms with Gasteiger partial charge in [0.15, 0.2) is 0 Å². The molecule has 1 N–H and O–H groups in total. The van der Waals surface area contributed by atoms with Gasteiger partial charge in [-0.15, -0.1) is 0 Å². The number of nitrogens with one attached hydrogen (secondary N) is 1. The highest BCUT2D eigenvalue weighted by molar-refractivity contribution is 5.81. The molecule has 1 heterocycles. The molecule has 0 radical (unpaired) electrons. The van der Waals surface area contributed by atoms with Crippen molar-refractivity contribution in [3.63, 3.8) is 0 Å². The predicted octanol–water partition coefficient (Wildman–Crippen LogP) is 3.34. The van der Waals surface area contributed by atoms with Gasteiger partial charge >= 0.3 is 0 Å². The summed E-state index contributed by atoms with van der Waals surface area (Å²) in [5, 5.41) is 3.16. The van der Waals surface area contributed by atoms with Gasteiger partial charge in [0, 0.05) is 17.9 Å². The van der Waals surface area contributed by atoms with Crippen LogP contribution in [0.1, 0.15) is 30.4 Å². The quantitative estimate of drug-likeness (QED) is 0.906. The molecule has 0 spiro atoms. The molecule has 20 heavy (non-hydrogen) atoms. The SMILES string of the molecule is C[C@@H]1C[C@@H](C(c2ccccc2)c2ccccc2)NC1=O. The fraction of sp³-hybridized carbons (Fsp3) is 0.278. The van der Waals surface area contributed by atoms with Crippen LogP contribution >= 0.6 is 0 Å². The lowest BCUT2D eigenvalue weighted by molar-refractivity contribution is -0.122. The highest BCUT2D eigenvalue weighted by atomic mass is 16.2. The Hall–Kier alpha value is -2.09. The Morgan fingerprint density at radius 2 is 1.45 bits per heavy atom. The van der Waals surface area contributed by atoms with Crippen molar-refractivity contribution in [2.75, 3.05) is 0 Å². The first-order chi connectivity index (χ1) is 9.75. The number of hydrogen-bond donors (Lipinski definition) is 1. The second-order valence-corrected chi connectivity index (χ2v) is 5.55. The van der Waals surface area contributed by atoms with Crippen molar-refractivity contribution in [2.24, 2.45) is 5.92 Å². The summed E-state index contributed by atoms with van der Waals surface area (Å²) >= 11 is 0. The minimum Gasteiger partial charge on any atom is -0.352 e. The first kappa shape index (κ1) is 12.9. The van der Waals surface area contributed by atoms with Crippen LogP contribution in [-0.2, 0) is 4.79 Å². The molecule has 1 saturated heterocycles. The van der Waals surface area contributed by atoms with Crippen molar-refractivity contribution in [2.45, 2.75) is 25.3 Å². The third kappa shape index (κ3) is 2.46. The molecular weight excluding hydrogens is 246 g/mol. The summed E-state index contributed by atoms with van der Waals surface area (Å²) in [5.41, 5.74) is 2.52. The highest BCUT2D eigenvalue weighted by Gasteiger charge is 2.35. The van der Waals surface area contributed by atoms with Crippen LogP contribution in [0.4, 0.5) is 0 Å². The molecule has 1 fully saturated rings. The van der Waals surface area contributed by atoms with Gasteiger partial charge in [-0.3, -0.25) is 4.79 Å². The van der Waals surface area contributed by atoms with E-state index in [1.54, 1.807) is 0 Å². The number of rotatable bonds is 3. The lowest BCUT2D eigenvalue weighted by Gasteiger charge is -2.24. The molecule has 0 aromatic heterocycles. The van der Waals surface area contributed by atoms with Gasteiger partial charge in [0.1, 0.15) is 0 Å². The molecule has 3 rings (SSSR count). The van der Waals surface area contributed by atoms with E-state index < -0.39 is 0 Å². The molecule has 2 atom stereocenters. The van der Waals surface area contributed by atoms with Gasteiger partial charge in [-0.1, -0.05) is 67.6 Å². The lowest BCUT2D eigenvalue weighted by atomic mass is 9.83. The van der Waals surface area contributed by atoms with Crippen LogP contribution in [-0.4, -0.2) is 11.9 Å². The topological polar surface area (TPSA) is 29.1 Å². The largest absolute Gasteiger partial charge is 0.352 e. The Morgan fingerprint density at radius 3 is 1.85 bits per heavy atom. The summed E-state index contributed by atoms with van der Waals surface area (Å²) < 4.78 is 0. The van der Waals surface area contributed by atoms with Crippen LogP contribution in [0.3, 0.4) is 0 Å². The molecule has 2 aromatic carbocycles. The van der Waals surface area contributed by atoms with Crippen molar-refractivity contribution in [3.05, 3.63) is 71.8 Å². The zero-order chi connectivity index (χ0) is 13.9. The minimum atomic E-state index is 0.106. The second kappa shape index (κ2) is 5.49. The Labute approximate surface area is 119 Å². The molecule has 102 valence electrons. The summed E-state index contributed by atoms with van der Waals surface area (Å²) in [6.45, 7) is 2.00. The maximum absolute atomic E-state index is 11.8. The van der Waals surface area contributed by atoms with Gasteiger partial charge in [0.25, 0.3) is 0 Å². The third-order valence-electron chi connectivity index (χ3n) is 4.10. The van der Waals surface area contributed by atoms with Crippen LogP contribution in [0.25, 0.3) is 0 Å². The Balaban J connectivity index is 1.99. The molecule has 1 aliphatic rings. The van der Waals surface area contributed by atoms with E-state index in [4.69, 9.17) is 0 Å². The average molecular weight is 265 g/mol. The summed E-state index contributed by atoms with van der Waals surface area (Å²) in [5.74, 6) is 0.507. The van der Waals surface area contributed by atoms with Crippen LogP contribution in [0.5, 0.6) is 0 Å². The van der Waals surface area contributed by atoms with Crippen LogP contribution in [0.2, 0.25) is 0 Å². The number of amides is 1. The van der Waals surface area contributed by atoms with E-state index in [-0.39, 0.29) is 23.8 Å². The first-order valence-corrected chi connectivity index (χ1v) is 7.16. The van der Waals surface area contributed by atoms with Gasteiger partial charge in [-0.2, -0.15) is 0 Å². The minimum absolute atomic E-state index is 0.106. The van der Waals surface area contributed by atoms with Gasteiger partial charge in [-0.05, 0) is 17.5 Å². The third-order valence-corrected chi connectivity index (χ3v) is 4.10. The zero-order valence-electron chi connectivity index (χ0n) is 11.6. The number of benzene rings is 2. The Bertz CT molecular complexity index is 539. The van der Waals surface area contributed by atoms with E-state index in [1.165, 1.54) is 11.1 Å². The predicted molar refractivity (Wildman–Crippen MR) is 80.4 cm³/mol. The van der Waals surface area contributed by atoms with Gasteiger partial charge in [0.2, 0.25) is 5.91 Å². The fourth-order valence-corrected chi connectivity index (χ4v) is 3.07. The van der Waals surface area contributed by atoms with Crippen LogP contribution in [0.15, 0.2) is 60.7 Å². The van der Waals surface area contributed by atoms with E-state index in [0.717, 1.165) is 6.42 Å². The van der Waals surface area contributed by atoms with E-state index in [9.17, 15) is 4.79 Å². The zero-order valence-corrected chi connectivity index (χ0v) is 11.6. The summed E-state index contributed by atoms with van der Waals surface area (Å²) in [6, 6.07) is 21.1. The van der Waals surface area contributed by atoms with E-state index in [1.807, 2.05) is 19.1 Å². The van der Waals surface area contributed by atoms with Crippen molar-refractivity contribution in [1.82, 2.24) is 5.32 Å². The molecule has 1 aliphatic heterocycles. The first-order valence-electron chi connectivity index (χ1n) is 7.16. The molecule has 0 bridgehead atoms. The maximum Gasteiger partial charge on any atom is 0.223 e. The average Bonchev–Trinajstić information content (AvgIpc) is 2.81. The molecule has 2 nitrogen and oxygen atoms in total. The number of carbonyl (C=O) groups is 1. The lowest BCUT2D eigenvalue weighted by Crippen LogP contribution is -2.32. The molecule has 0 aliphatic carbocycles. The van der Waals surface area contributed by atoms with Crippen molar-refractivity contribution < 1.29 is 4.79 Å². The Morgan fingerprint density at radius 1 is 0.950 bits per heavy atom. The molecule has 2 aromatic rings. The van der Waals surface area contributed by atoms with E-state index in [0.29, 0.717) is 0 Å². The van der Waals surface area contributed by atoms with Gasteiger partial charge < -0.3 is 5.32 Å². The van der Waals surface area contributed by atoms with E-state index in [2.05, 4.69) is 53.8 Å². The summed E-state index contributed by atoms with van der Waals surface area (Å²) in [6.07, 6.45) is 0.896. The van der Waals surface area contributed by atoms with Crippen molar-refractivity contribution in [1.29, 1.82) is 0 Å². The molecular formula is C18H19NO. The molecule has 2 heteroatoms. The molecule has 0 saturated carbocycles. The normalized spacial score (nSPS) is 22.0. The summed E-state index contributed by atoms with van der Waals surface area (Å²) in [4.78, 5) is 11.8. The Kier molecular flexibility index (Phi) is 3.55. The fourth-order valence-electron chi connectivity index (χ4n) is 3.07. The monoisotopic (exact) mass is 265 g/mol. The maximum atomic E-state index is 11.8. The second-order valence-electron chi connectivity index (χ2n) is 5.55. The van der Waals surface area contributed by atoms with Crippen molar-refractivity contribution in [3.8, 4) is 0 Å².